The molecule has 0 saturated heterocycles. The third kappa shape index (κ3) is 1.97. The maximum atomic E-state index is 10.4. The zero-order valence-electron chi connectivity index (χ0n) is 8.55. The van der Waals surface area contributed by atoms with Crippen molar-refractivity contribution in [1.82, 2.24) is 4.98 Å². The fourth-order valence-corrected chi connectivity index (χ4v) is 1.66. The predicted octanol–water partition coefficient (Wildman–Crippen LogP) is 1.81. The number of benzene rings is 1. The first-order valence-corrected chi connectivity index (χ1v) is 4.91. The Hall–Kier alpha value is -2.07. The van der Waals surface area contributed by atoms with Gasteiger partial charge in [0.2, 0.25) is 0 Å². The summed E-state index contributed by atoms with van der Waals surface area (Å²) in [4.78, 5) is 13.5. The lowest BCUT2D eigenvalue weighted by Gasteiger charge is -2.03. The zero-order valence-corrected chi connectivity index (χ0v) is 8.55. The van der Waals surface area contributed by atoms with Gasteiger partial charge >= 0.3 is 5.97 Å². The van der Waals surface area contributed by atoms with Crippen molar-refractivity contribution >= 4 is 16.9 Å². The summed E-state index contributed by atoms with van der Waals surface area (Å²) in [5.41, 5.74) is 7.78. The van der Waals surface area contributed by atoms with Crippen molar-refractivity contribution in [2.24, 2.45) is 5.73 Å². The molecule has 2 aromatic rings. The van der Waals surface area contributed by atoms with Crippen molar-refractivity contribution in [1.29, 1.82) is 0 Å². The van der Waals surface area contributed by atoms with Gasteiger partial charge in [0.25, 0.3) is 0 Å². The second kappa shape index (κ2) is 4.20. The standard InChI is InChI=1S/C12H12N2O2/c13-10(5-6-12(15)16)9-7-14-11-4-2-1-3-8(9)11/h1-7,10,14H,13H2,(H,15,16)/b6-5+. The summed E-state index contributed by atoms with van der Waals surface area (Å²) in [5.74, 6) is -0.990. The summed E-state index contributed by atoms with van der Waals surface area (Å²) in [5, 5.41) is 9.54. The minimum Gasteiger partial charge on any atom is -0.478 e. The molecule has 1 aromatic heterocycles. The minimum atomic E-state index is -0.990. The van der Waals surface area contributed by atoms with Gasteiger partial charge in [0.1, 0.15) is 0 Å². The van der Waals surface area contributed by atoms with Crippen LogP contribution >= 0.6 is 0 Å². The molecular formula is C12H12N2O2. The van der Waals surface area contributed by atoms with Crippen molar-refractivity contribution in [3.05, 3.63) is 48.2 Å². The van der Waals surface area contributed by atoms with Crippen LogP contribution in [0.4, 0.5) is 0 Å². The van der Waals surface area contributed by atoms with Crippen LogP contribution in [0.15, 0.2) is 42.6 Å². The maximum absolute atomic E-state index is 10.4. The van der Waals surface area contributed by atoms with E-state index in [-0.39, 0.29) is 0 Å². The summed E-state index contributed by atoms with van der Waals surface area (Å²) in [6.07, 6.45) is 4.34. The number of hydrogen-bond donors (Lipinski definition) is 3. The SMILES string of the molecule is NC(/C=C/C(=O)O)c1c[nH]c2ccccc12. The molecule has 1 atom stereocenters. The van der Waals surface area contributed by atoms with E-state index in [9.17, 15) is 4.79 Å². The number of carbonyl (C=O) groups is 1. The molecule has 82 valence electrons. The molecule has 0 fully saturated rings. The van der Waals surface area contributed by atoms with E-state index in [0.717, 1.165) is 22.5 Å². The summed E-state index contributed by atoms with van der Waals surface area (Å²) in [6, 6.07) is 7.35. The molecule has 4 N–H and O–H groups in total. The van der Waals surface area contributed by atoms with Crippen LogP contribution in [-0.4, -0.2) is 16.1 Å². The molecule has 4 nitrogen and oxygen atoms in total. The first-order chi connectivity index (χ1) is 7.68. The number of hydrogen-bond acceptors (Lipinski definition) is 2. The predicted molar refractivity (Wildman–Crippen MR) is 62.0 cm³/mol. The second-order valence-corrected chi connectivity index (χ2v) is 3.51. The Morgan fingerprint density at radius 2 is 2.19 bits per heavy atom. The third-order valence-electron chi connectivity index (χ3n) is 2.43. The lowest BCUT2D eigenvalue weighted by Crippen LogP contribution is -2.07. The molecule has 0 saturated carbocycles. The summed E-state index contributed by atoms with van der Waals surface area (Å²) in [7, 11) is 0. The van der Waals surface area contributed by atoms with Crippen molar-refractivity contribution in [2.75, 3.05) is 0 Å². The van der Waals surface area contributed by atoms with E-state index < -0.39 is 12.0 Å². The highest BCUT2D eigenvalue weighted by molar-refractivity contribution is 5.84. The molecule has 2 rings (SSSR count). The van der Waals surface area contributed by atoms with E-state index in [4.69, 9.17) is 10.8 Å². The van der Waals surface area contributed by atoms with E-state index in [1.807, 2.05) is 30.5 Å². The number of carboxylic acid groups (broad SMARTS) is 1. The van der Waals surface area contributed by atoms with Crippen LogP contribution in [0.5, 0.6) is 0 Å². The van der Waals surface area contributed by atoms with Crippen molar-refractivity contribution in [2.45, 2.75) is 6.04 Å². The number of nitrogens with two attached hydrogens (primary N) is 1. The number of fused-ring (bicyclic) bond motifs is 1. The van der Waals surface area contributed by atoms with Crippen LogP contribution < -0.4 is 5.73 Å². The molecule has 16 heavy (non-hydrogen) atoms. The van der Waals surface area contributed by atoms with Crippen LogP contribution in [0.25, 0.3) is 10.9 Å². The molecule has 4 heteroatoms. The monoisotopic (exact) mass is 216 g/mol. The van der Waals surface area contributed by atoms with E-state index >= 15 is 0 Å². The van der Waals surface area contributed by atoms with Crippen LogP contribution in [0.2, 0.25) is 0 Å². The van der Waals surface area contributed by atoms with Crippen LogP contribution in [-0.2, 0) is 4.79 Å². The average molecular weight is 216 g/mol. The molecule has 0 radical (unpaired) electrons. The Morgan fingerprint density at radius 3 is 2.94 bits per heavy atom. The molecule has 0 bridgehead atoms. The van der Waals surface area contributed by atoms with E-state index in [2.05, 4.69) is 4.98 Å². The minimum absolute atomic E-state index is 0.410. The molecule has 0 aliphatic heterocycles. The Labute approximate surface area is 92.4 Å². The van der Waals surface area contributed by atoms with Crippen LogP contribution in [0.3, 0.4) is 0 Å². The fourth-order valence-electron chi connectivity index (χ4n) is 1.66. The van der Waals surface area contributed by atoms with Gasteiger partial charge in [-0.1, -0.05) is 24.3 Å². The first kappa shape index (κ1) is 10.4. The van der Waals surface area contributed by atoms with Crippen molar-refractivity contribution in [3.8, 4) is 0 Å². The number of nitrogens with one attached hydrogen (secondary N) is 1. The molecule has 1 unspecified atom stereocenters. The normalized spacial score (nSPS) is 13.3. The Balaban J connectivity index is 2.36. The zero-order chi connectivity index (χ0) is 11.5. The maximum Gasteiger partial charge on any atom is 0.328 e. The van der Waals surface area contributed by atoms with Crippen molar-refractivity contribution < 1.29 is 9.90 Å². The molecule has 1 aromatic carbocycles. The Morgan fingerprint density at radius 1 is 1.44 bits per heavy atom. The number of para-hydroxylation sites is 1. The summed E-state index contributed by atoms with van der Waals surface area (Å²) < 4.78 is 0. The van der Waals surface area contributed by atoms with E-state index in [1.165, 1.54) is 6.08 Å². The van der Waals surface area contributed by atoms with Gasteiger partial charge in [-0.25, -0.2) is 4.79 Å². The highest BCUT2D eigenvalue weighted by atomic mass is 16.4. The van der Waals surface area contributed by atoms with E-state index in [0.29, 0.717) is 0 Å². The topological polar surface area (TPSA) is 79.1 Å². The highest BCUT2D eigenvalue weighted by Gasteiger charge is 2.08. The van der Waals surface area contributed by atoms with Gasteiger partial charge in [-0.15, -0.1) is 0 Å². The summed E-state index contributed by atoms with van der Waals surface area (Å²) >= 11 is 0. The molecule has 0 aliphatic carbocycles. The largest absolute Gasteiger partial charge is 0.478 e. The third-order valence-corrected chi connectivity index (χ3v) is 2.43. The van der Waals surface area contributed by atoms with Gasteiger partial charge in [-0.05, 0) is 11.6 Å². The number of rotatable bonds is 3. The number of carboxylic acids is 1. The van der Waals surface area contributed by atoms with Gasteiger partial charge in [0, 0.05) is 23.2 Å². The number of H-pyrrole nitrogens is 1. The fraction of sp³-hybridized carbons (Fsp3) is 0.0833. The second-order valence-electron chi connectivity index (χ2n) is 3.51. The molecule has 0 aliphatic rings. The Bertz CT molecular complexity index is 543. The molecule has 1 heterocycles. The van der Waals surface area contributed by atoms with Gasteiger partial charge in [-0.3, -0.25) is 0 Å². The van der Waals surface area contributed by atoms with E-state index in [1.54, 1.807) is 0 Å². The first-order valence-electron chi connectivity index (χ1n) is 4.91. The average Bonchev–Trinajstić information content (AvgIpc) is 2.69. The van der Waals surface area contributed by atoms with Crippen LogP contribution in [0, 0.1) is 0 Å². The number of aromatic nitrogens is 1. The van der Waals surface area contributed by atoms with Gasteiger partial charge < -0.3 is 15.8 Å². The molecular weight excluding hydrogens is 204 g/mol. The highest BCUT2D eigenvalue weighted by Crippen LogP contribution is 2.23. The Kier molecular flexibility index (Phi) is 2.74. The number of aromatic amines is 1. The molecule has 0 spiro atoms. The van der Waals surface area contributed by atoms with Gasteiger partial charge in [-0.2, -0.15) is 0 Å². The lowest BCUT2D eigenvalue weighted by atomic mass is 10.1. The number of aliphatic carboxylic acids is 1. The summed E-state index contributed by atoms with van der Waals surface area (Å²) in [6.45, 7) is 0. The lowest BCUT2D eigenvalue weighted by molar-refractivity contribution is -0.131. The quantitative estimate of drug-likeness (QED) is 0.684. The van der Waals surface area contributed by atoms with Crippen molar-refractivity contribution in [3.63, 3.8) is 0 Å². The van der Waals surface area contributed by atoms with Gasteiger partial charge in [0.15, 0.2) is 0 Å². The smallest absolute Gasteiger partial charge is 0.328 e. The van der Waals surface area contributed by atoms with Gasteiger partial charge in [0.05, 0.1) is 6.04 Å². The van der Waals surface area contributed by atoms with Crippen LogP contribution in [0.1, 0.15) is 11.6 Å². The molecule has 0 amide bonds.